The SMILES string of the molecule is Cc1cc(Nc2nc(N)n(-c3cc(-c4ccccc4)c4c(n3)C3CCC4C3)n2)cnc1N1CCN(CC2CC2)CC1. The summed E-state index contributed by atoms with van der Waals surface area (Å²) in [7, 11) is 0. The molecule has 210 valence electrons. The highest BCUT2D eigenvalue weighted by Crippen LogP contribution is 2.55. The van der Waals surface area contributed by atoms with Gasteiger partial charge in [-0.2, -0.15) is 9.67 Å². The van der Waals surface area contributed by atoms with Crippen LogP contribution in [0.5, 0.6) is 0 Å². The maximum absolute atomic E-state index is 6.42. The summed E-state index contributed by atoms with van der Waals surface area (Å²) in [5, 5.41) is 8.07. The summed E-state index contributed by atoms with van der Waals surface area (Å²) in [4.78, 5) is 19.5. The van der Waals surface area contributed by atoms with Crippen molar-refractivity contribution in [1.29, 1.82) is 0 Å². The number of hydrogen-bond acceptors (Lipinski definition) is 8. The molecule has 4 aromatic rings. The van der Waals surface area contributed by atoms with Gasteiger partial charge in [0, 0.05) is 38.6 Å². The number of hydrogen-bond donors (Lipinski definition) is 2. The van der Waals surface area contributed by atoms with Crippen molar-refractivity contribution in [2.24, 2.45) is 5.92 Å². The van der Waals surface area contributed by atoms with Crippen LogP contribution in [0.15, 0.2) is 48.7 Å². The van der Waals surface area contributed by atoms with Gasteiger partial charge in [-0.3, -0.25) is 4.90 Å². The Hall–Kier alpha value is -3.98. The maximum Gasteiger partial charge on any atom is 0.248 e. The second-order valence-electron chi connectivity index (χ2n) is 12.3. The number of fused-ring (bicyclic) bond motifs is 5. The van der Waals surface area contributed by atoms with Gasteiger partial charge in [-0.15, -0.1) is 5.10 Å². The highest BCUT2D eigenvalue weighted by Gasteiger charge is 2.40. The van der Waals surface area contributed by atoms with Crippen molar-refractivity contribution in [2.45, 2.75) is 50.9 Å². The number of aryl methyl sites for hydroxylation is 1. The first kappa shape index (κ1) is 24.8. The molecule has 3 aromatic heterocycles. The predicted molar refractivity (Wildman–Crippen MR) is 162 cm³/mol. The quantitative estimate of drug-likeness (QED) is 0.323. The van der Waals surface area contributed by atoms with Crippen LogP contribution in [0.1, 0.15) is 60.8 Å². The van der Waals surface area contributed by atoms with E-state index in [0.29, 0.717) is 23.7 Å². The lowest BCUT2D eigenvalue weighted by Crippen LogP contribution is -2.47. The molecule has 2 saturated carbocycles. The molecule has 2 unspecified atom stereocenters. The molecular formula is C32H37N9. The molecule has 0 amide bonds. The number of pyridine rings is 2. The van der Waals surface area contributed by atoms with Gasteiger partial charge in [-0.25, -0.2) is 9.97 Å². The fourth-order valence-electron chi connectivity index (χ4n) is 7.21. The van der Waals surface area contributed by atoms with Crippen molar-refractivity contribution >= 4 is 23.4 Å². The van der Waals surface area contributed by atoms with Crippen LogP contribution in [-0.2, 0) is 0 Å². The zero-order chi connectivity index (χ0) is 27.5. The second kappa shape index (κ2) is 9.83. The van der Waals surface area contributed by atoms with E-state index in [4.69, 9.17) is 20.8 Å². The number of aromatic nitrogens is 5. The van der Waals surface area contributed by atoms with Gasteiger partial charge in [0.15, 0.2) is 5.82 Å². The lowest BCUT2D eigenvalue weighted by molar-refractivity contribution is 0.247. The standard InChI is InChI=1S/C32H37N9/c1-20-15-25(18-34-30(20)40-13-11-39(12-14-40)19-21-7-8-21)35-32-37-31(33)41(38-32)27-17-26(22-5-3-2-4-6-22)28-23-9-10-24(16-23)29(28)36-27/h2-6,15,17-18,21,23-24H,7-14,16,19H2,1H3,(H3,33,35,37,38). The third-order valence-electron chi connectivity index (χ3n) is 9.43. The third kappa shape index (κ3) is 4.62. The minimum absolute atomic E-state index is 0.312. The largest absolute Gasteiger partial charge is 0.368 e. The Balaban J connectivity index is 1.03. The number of rotatable bonds is 7. The van der Waals surface area contributed by atoms with Gasteiger partial charge in [0.1, 0.15) is 5.82 Å². The molecule has 0 spiro atoms. The number of nitrogen functional groups attached to an aromatic ring is 1. The van der Waals surface area contributed by atoms with E-state index in [0.717, 1.165) is 55.0 Å². The molecule has 1 aliphatic heterocycles. The van der Waals surface area contributed by atoms with Crippen LogP contribution in [0.25, 0.3) is 16.9 Å². The number of benzene rings is 1. The Morgan fingerprint density at radius 2 is 1.76 bits per heavy atom. The molecular weight excluding hydrogens is 510 g/mol. The number of anilines is 4. The van der Waals surface area contributed by atoms with Gasteiger partial charge >= 0.3 is 0 Å². The minimum atomic E-state index is 0.312. The number of nitrogens with one attached hydrogen (secondary N) is 1. The van der Waals surface area contributed by atoms with E-state index in [1.807, 2.05) is 6.20 Å². The fraction of sp³-hybridized carbons (Fsp3) is 0.438. The summed E-state index contributed by atoms with van der Waals surface area (Å²) >= 11 is 0. The lowest BCUT2D eigenvalue weighted by atomic mass is 9.89. The van der Waals surface area contributed by atoms with Gasteiger partial charge in [0.2, 0.25) is 11.9 Å². The smallest absolute Gasteiger partial charge is 0.248 e. The first-order valence-electron chi connectivity index (χ1n) is 15.1. The molecule has 3 aliphatic carbocycles. The summed E-state index contributed by atoms with van der Waals surface area (Å²) in [5.74, 6) is 4.60. The van der Waals surface area contributed by atoms with Crippen LogP contribution in [-0.4, -0.2) is 62.4 Å². The van der Waals surface area contributed by atoms with E-state index in [9.17, 15) is 0 Å². The summed E-state index contributed by atoms with van der Waals surface area (Å²) in [5.41, 5.74) is 13.5. The molecule has 2 atom stereocenters. The summed E-state index contributed by atoms with van der Waals surface area (Å²) in [6.45, 7) is 7.66. The first-order chi connectivity index (χ1) is 20.1. The molecule has 41 heavy (non-hydrogen) atoms. The van der Waals surface area contributed by atoms with Gasteiger partial charge < -0.3 is 16.0 Å². The zero-order valence-corrected chi connectivity index (χ0v) is 23.6. The van der Waals surface area contributed by atoms with Crippen LogP contribution in [0, 0.1) is 12.8 Å². The Bertz CT molecular complexity index is 1580. The van der Waals surface area contributed by atoms with Crippen LogP contribution >= 0.6 is 0 Å². The molecule has 8 rings (SSSR count). The molecule has 3 N–H and O–H groups in total. The van der Waals surface area contributed by atoms with Crippen molar-refractivity contribution in [2.75, 3.05) is 48.7 Å². The first-order valence-corrected chi connectivity index (χ1v) is 15.1. The van der Waals surface area contributed by atoms with Gasteiger partial charge in [-0.05, 0) is 85.3 Å². The van der Waals surface area contributed by atoms with Gasteiger partial charge in [0.25, 0.3) is 0 Å². The van der Waals surface area contributed by atoms with Crippen LogP contribution in [0.2, 0.25) is 0 Å². The van der Waals surface area contributed by atoms with E-state index < -0.39 is 0 Å². The molecule has 9 heteroatoms. The Morgan fingerprint density at radius 3 is 2.54 bits per heavy atom. The van der Waals surface area contributed by atoms with Crippen molar-refractivity contribution in [3.05, 3.63) is 65.5 Å². The van der Waals surface area contributed by atoms with Gasteiger partial charge in [-0.1, -0.05) is 30.3 Å². The van der Waals surface area contributed by atoms with Crippen molar-refractivity contribution in [3.8, 4) is 16.9 Å². The number of nitrogens with two attached hydrogens (primary N) is 1. The zero-order valence-electron chi connectivity index (χ0n) is 23.6. The molecule has 4 aliphatic rings. The molecule has 2 bridgehead atoms. The van der Waals surface area contributed by atoms with E-state index >= 15 is 0 Å². The Labute approximate surface area is 240 Å². The second-order valence-corrected chi connectivity index (χ2v) is 12.3. The van der Waals surface area contributed by atoms with Crippen LogP contribution in [0.3, 0.4) is 0 Å². The van der Waals surface area contributed by atoms with E-state index in [-0.39, 0.29) is 0 Å². The number of piperazine rings is 1. The number of nitrogens with zero attached hydrogens (tertiary/aromatic N) is 7. The van der Waals surface area contributed by atoms with Gasteiger partial charge in [0.05, 0.1) is 17.6 Å². The minimum Gasteiger partial charge on any atom is -0.368 e. The Morgan fingerprint density at radius 1 is 0.951 bits per heavy atom. The lowest BCUT2D eigenvalue weighted by Gasteiger charge is -2.36. The van der Waals surface area contributed by atoms with Crippen LogP contribution < -0.4 is 16.0 Å². The monoisotopic (exact) mass is 547 g/mol. The average molecular weight is 548 g/mol. The molecule has 9 nitrogen and oxygen atoms in total. The Kier molecular flexibility index (Phi) is 5.95. The normalized spacial score (nSPS) is 21.8. The third-order valence-corrected chi connectivity index (χ3v) is 9.43. The maximum atomic E-state index is 6.42. The molecule has 0 radical (unpaired) electrons. The summed E-state index contributed by atoms with van der Waals surface area (Å²) < 4.78 is 1.66. The fourth-order valence-corrected chi connectivity index (χ4v) is 7.21. The van der Waals surface area contributed by atoms with Crippen molar-refractivity contribution < 1.29 is 0 Å². The van der Waals surface area contributed by atoms with Crippen molar-refractivity contribution in [3.63, 3.8) is 0 Å². The van der Waals surface area contributed by atoms with E-state index in [1.165, 1.54) is 61.0 Å². The highest BCUT2D eigenvalue weighted by atomic mass is 15.4. The van der Waals surface area contributed by atoms with E-state index in [1.54, 1.807) is 4.68 Å². The highest BCUT2D eigenvalue weighted by molar-refractivity contribution is 5.72. The summed E-state index contributed by atoms with van der Waals surface area (Å²) in [6, 6.07) is 14.9. The average Bonchev–Trinajstić information content (AvgIpc) is 3.38. The summed E-state index contributed by atoms with van der Waals surface area (Å²) in [6.07, 6.45) is 8.35. The van der Waals surface area contributed by atoms with Crippen molar-refractivity contribution in [1.82, 2.24) is 29.6 Å². The molecule has 1 aromatic carbocycles. The predicted octanol–water partition coefficient (Wildman–Crippen LogP) is 5.26. The molecule has 1 saturated heterocycles. The van der Waals surface area contributed by atoms with Crippen LogP contribution in [0.4, 0.5) is 23.4 Å². The topological polar surface area (TPSA) is 101 Å². The molecule has 3 fully saturated rings. The molecule has 4 heterocycles. The van der Waals surface area contributed by atoms with E-state index in [2.05, 4.69) is 69.5 Å².